The molecule has 0 radical (unpaired) electrons. The molecule has 0 saturated heterocycles. The largest absolute Gasteiger partial charge is 0.206 e. The minimum atomic E-state index is -0.324. The SMILES string of the molecule is C#Cc1cc(C(C)(C)C)ccc1F. The van der Waals surface area contributed by atoms with Crippen LogP contribution >= 0.6 is 0 Å². The predicted molar refractivity (Wildman–Crippen MR) is 53.0 cm³/mol. The van der Waals surface area contributed by atoms with Gasteiger partial charge in [-0.15, -0.1) is 6.42 Å². The molecule has 0 amide bonds. The summed E-state index contributed by atoms with van der Waals surface area (Å²) in [6, 6.07) is 4.93. The molecule has 1 aromatic rings. The first-order valence-corrected chi connectivity index (χ1v) is 4.22. The van der Waals surface area contributed by atoms with E-state index >= 15 is 0 Å². The van der Waals surface area contributed by atoms with E-state index in [0.717, 1.165) is 5.56 Å². The zero-order valence-corrected chi connectivity index (χ0v) is 8.19. The van der Waals surface area contributed by atoms with Gasteiger partial charge < -0.3 is 0 Å². The van der Waals surface area contributed by atoms with E-state index in [1.54, 1.807) is 12.1 Å². The lowest BCUT2D eigenvalue weighted by Crippen LogP contribution is -2.11. The quantitative estimate of drug-likeness (QED) is 0.533. The Morgan fingerprint density at radius 2 is 1.92 bits per heavy atom. The highest BCUT2D eigenvalue weighted by Crippen LogP contribution is 2.23. The van der Waals surface area contributed by atoms with E-state index in [0.29, 0.717) is 5.56 Å². The third-order valence-corrected chi connectivity index (χ3v) is 1.99. The summed E-state index contributed by atoms with van der Waals surface area (Å²) in [5, 5.41) is 0. The van der Waals surface area contributed by atoms with Crippen LogP contribution in [0.15, 0.2) is 18.2 Å². The summed E-state index contributed by atoms with van der Waals surface area (Å²) in [4.78, 5) is 0. The average Bonchev–Trinajstić information content (AvgIpc) is 2.03. The second-order valence-electron chi connectivity index (χ2n) is 4.09. The third-order valence-electron chi connectivity index (χ3n) is 1.99. The number of hydrogen-bond acceptors (Lipinski definition) is 0. The van der Waals surface area contributed by atoms with Gasteiger partial charge in [0.15, 0.2) is 0 Å². The van der Waals surface area contributed by atoms with Crippen LogP contribution in [-0.4, -0.2) is 0 Å². The third kappa shape index (κ3) is 2.09. The number of halogens is 1. The minimum absolute atomic E-state index is 0.0132. The van der Waals surface area contributed by atoms with Crippen molar-refractivity contribution in [2.75, 3.05) is 0 Å². The highest BCUT2D eigenvalue weighted by atomic mass is 19.1. The molecule has 0 aliphatic carbocycles. The predicted octanol–water partition coefficient (Wildman–Crippen LogP) is 3.10. The molecule has 0 nitrogen and oxygen atoms in total. The maximum absolute atomic E-state index is 13.0. The van der Waals surface area contributed by atoms with Crippen molar-refractivity contribution in [2.24, 2.45) is 0 Å². The number of terminal acetylenes is 1. The molecule has 0 aromatic heterocycles. The van der Waals surface area contributed by atoms with Crippen molar-refractivity contribution in [1.29, 1.82) is 0 Å². The Bertz CT molecular complexity index is 350. The molecule has 0 aliphatic heterocycles. The molecule has 0 spiro atoms. The summed E-state index contributed by atoms with van der Waals surface area (Å²) < 4.78 is 13.0. The van der Waals surface area contributed by atoms with Crippen molar-refractivity contribution in [3.63, 3.8) is 0 Å². The van der Waals surface area contributed by atoms with Crippen LogP contribution in [0.5, 0.6) is 0 Å². The van der Waals surface area contributed by atoms with Gasteiger partial charge in [0.2, 0.25) is 0 Å². The van der Waals surface area contributed by atoms with Crippen molar-refractivity contribution in [3.8, 4) is 12.3 Å². The first-order chi connectivity index (χ1) is 5.95. The average molecular weight is 176 g/mol. The molecular weight excluding hydrogens is 163 g/mol. The Morgan fingerprint density at radius 3 is 2.38 bits per heavy atom. The molecule has 0 heterocycles. The van der Waals surface area contributed by atoms with Gasteiger partial charge in [-0.2, -0.15) is 0 Å². The molecule has 0 N–H and O–H groups in total. The Morgan fingerprint density at radius 1 is 1.31 bits per heavy atom. The number of hydrogen-bond donors (Lipinski definition) is 0. The van der Waals surface area contributed by atoms with Gasteiger partial charge in [-0.05, 0) is 23.1 Å². The standard InChI is InChI=1S/C12H13F/c1-5-9-8-10(12(2,3)4)6-7-11(9)13/h1,6-8H,2-4H3. The second-order valence-corrected chi connectivity index (χ2v) is 4.09. The molecule has 1 rings (SSSR count). The zero-order chi connectivity index (χ0) is 10.1. The summed E-state index contributed by atoms with van der Waals surface area (Å²) in [6.45, 7) is 6.21. The van der Waals surface area contributed by atoms with Gasteiger partial charge in [-0.1, -0.05) is 32.8 Å². The summed E-state index contributed by atoms with van der Waals surface area (Å²) in [5.74, 6) is 2.01. The van der Waals surface area contributed by atoms with E-state index in [1.807, 2.05) is 0 Å². The Balaban J connectivity index is 3.24. The normalized spacial score (nSPS) is 11.0. The van der Waals surface area contributed by atoms with Crippen LogP contribution in [-0.2, 0) is 5.41 Å². The van der Waals surface area contributed by atoms with Crippen molar-refractivity contribution < 1.29 is 4.39 Å². The molecule has 13 heavy (non-hydrogen) atoms. The molecular formula is C12H13F. The van der Waals surface area contributed by atoms with Crippen LogP contribution in [0.25, 0.3) is 0 Å². The van der Waals surface area contributed by atoms with E-state index in [2.05, 4.69) is 26.7 Å². The van der Waals surface area contributed by atoms with E-state index in [4.69, 9.17) is 6.42 Å². The fourth-order valence-corrected chi connectivity index (χ4v) is 1.10. The Labute approximate surface area is 78.8 Å². The second kappa shape index (κ2) is 3.22. The van der Waals surface area contributed by atoms with Crippen molar-refractivity contribution in [1.82, 2.24) is 0 Å². The monoisotopic (exact) mass is 176 g/mol. The van der Waals surface area contributed by atoms with Gasteiger partial charge >= 0.3 is 0 Å². The van der Waals surface area contributed by atoms with Gasteiger partial charge in [-0.3, -0.25) is 0 Å². The van der Waals surface area contributed by atoms with E-state index < -0.39 is 0 Å². The molecule has 0 saturated carbocycles. The first-order valence-electron chi connectivity index (χ1n) is 4.22. The van der Waals surface area contributed by atoms with Gasteiger partial charge in [0.05, 0.1) is 5.56 Å². The Kier molecular flexibility index (Phi) is 2.43. The number of benzene rings is 1. The lowest BCUT2D eigenvalue weighted by molar-refractivity contribution is 0.581. The summed E-state index contributed by atoms with van der Waals surface area (Å²) >= 11 is 0. The molecule has 0 fully saturated rings. The summed E-state index contributed by atoms with van der Waals surface area (Å²) in [6.07, 6.45) is 5.17. The summed E-state index contributed by atoms with van der Waals surface area (Å²) in [5.41, 5.74) is 1.41. The Hall–Kier alpha value is -1.29. The van der Waals surface area contributed by atoms with Crippen LogP contribution in [0.2, 0.25) is 0 Å². The van der Waals surface area contributed by atoms with Gasteiger partial charge in [0.1, 0.15) is 5.82 Å². The molecule has 1 heteroatoms. The smallest absolute Gasteiger partial charge is 0.138 e. The van der Waals surface area contributed by atoms with E-state index in [-0.39, 0.29) is 11.2 Å². The maximum atomic E-state index is 13.0. The lowest BCUT2D eigenvalue weighted by Gasteiger charge is -2.19. The van der Waals surface area contributed by atoms with Crippen molar-refractivity contribution >= 4 is 0 Å². The molecule has 0 bridgehead atoms. The van der Waals surface area contributed by atoms with Crippen LogP contribution < -0.4 is 0 Å². The lowest BCUT2D eigenvalue weighted by atomic mass is 9.86. The maximum Gasteiger partial charge on any atom is 0.138 e. The van der Waals surface area contributed by atoms with E-state index in [9.17, 15) is 4.39 Å². The van der Waals surface area contributed by atoms with E-state index in [1.165, 1.54) is 6.07 Å². The van der Waals surface area contributed by atoms with Gasteiger partial charge in [0.25, 0.3) is 0 Å². The summed E-state index contributed by atoms with van der Waals surface area (Å²) in [7, 11) is 0. The van der Waals surface area contributed by atoms with Crippen molar-refractivity contribution in [3.05, 3.63) is 35.1 Å². The van der Waals surface area contributed by atoms with Crippen LogP contribution in [0.4, 0.5) is 4.39 Å². The topological polar surface area (TPSA) is 0 Å². The number of rotatable bonds is 0. The zero-order valence-electron chi connectivity index (χ0n) is 8.19. The molecule has 68 valence electrons. The van der Waals surface area contributed by atoms with Crippen LogP contribution in [0.1, 0.15) is 31.9 Å². The van der Waals surface area contributed by atoms with Crippen molar-refractivity contribution in [2.45, 2.75) is 26.2 Å². The van der Waals surface area contributed by atoms with Crippen LogP contribution in [0, 0.1) is 18.2 Å². The van der Waals surface area contributed by atoms with Gasteiger partial charge in [0, 0.05) is 0 Å². The highest BCUT2D eigenvalue weighted by Gasteiger charge is 2.14. The highest BCUT2D eigenvalue weighted by molar-refractivity contribution is 5.38. The molecule has 1 aromatic carbocycles. The molecule has 0 unspecified atom stereocenters. The molecule has 0 atom stereocenters. The minimum Gasteiger partial charge on any atom is -0.206 e. The fraction of sp³-hybridized carbons (Fsp3) is 0.333. The first kappa shape index (κ1) is 9.80. The van der Waals surface area contributed by atoms with Crippen LogP contribution in [0.3, 0.4) is 0 Å². The van der Waals surface area contributed by atoms with Gasteiger partial charge in [-0.25, -0.2) is 4.39 Å². The molecule has 0 aliphatic rings. The fourth-order valence-electron chi connectivity index (χ4n) is 1.10.